The highest BCUT2D eigenvalue weighted by Crippen LogP contribution is 2.35. The van der Waals surface area contributed by atoms with Crippen molar-refractivity contribution in [2.24, 2.45) is 5.73 Å². The van der Waals surface area contributed by atoms with E-state index in [-0.39, 0.29) is 17.3 Å². The predicted octanol–water partition coefficient (Wildman–Crippen LogP) is 1.79. The highest BCUT2D eigenvalue weighted by Gasteiger charge is 2.23. The van der Waals surface area contributed by atoms with Crippen LogP contribution in [-0.2, 0) is 4.79 Å². The first-order valence-electron chi connectivity index (χ1n) is 4.81. The molecule has 5 heteroatoms. The third kappa shape index (κ3) is 2.13. The molecule has 0 bridgehead atoms. The Hall–Kier alpha value is -1.26. The molecule has 4 nitrogen and oxygen atoms in total. The van der Waals surface area contributed by atoms with Gasteiger partial charge in [-0.15, -0.1) is 0 Å². The number of nitrogens with two attached hydrogens (primary N) is 1. The van der Waals surface area contributed by atoms with Gasteiger partial charge in [0.2, 0.25) is 0 Å². The second-order valence-electron chi connectivity index (χ2n) is 3.70. The van der Waals surface area contributed by atoms with Gasteiger partial charge in [0.25, 0.3) is 0 Å². The van der Waals surface area contributed by atoms with Gasteiger partial charge in [0.15, 0.2) is 0 Å². The average Bonchev–Trinajstić information content (AvgIpc) is 2.23. The normalized spacial score (nSPS) is 12.5. The van der Waals surface area contributed by atoms with Gasteiger partial charge in [-0.25, -0.2) is 0 Å². The number of carboxylic acids is 1. The summed E-state index contributed by atoms with van der Waals surface area (Å²) in [7, 11) is 0. The van der Waals surface area contributed by atoms with Crippen LogP contribution in [0.3, 0.4) is 0 Å². The van der Waals surface area contributed by atoms with E-state index >= 15 is 0 Å². The predicted molar refractivity (Wildman–Crippen MR) is 62.0 cm³/mol. The van der Waals surface area contributed by atoms with E-state index in [0.717, 1.165) is 0 Å². The summed E-state index contributed by atoms with van der Waals surface area (Å²) in [6, 6.07) is 1.66. The van der Waals surface area contributed by atoms with Crippen molar-refractivity contribution in [3.63, 3.8) is 0 Å². The third-order valence-corrected chi connectivity index (χ3v) is 3.10. The third-order valence-electron chi connectivity index (χ3n) is 2.62. The molecule has 0 radical (unpaired) electrons. The molecule has 0 saturated carbocycles. The molecule has 0 spiro atoms. The first kappa shape index (κ1) is 12.8. The molecule has 1 aromatic rings. The number of phenolic OH excluding ortho intramolecular Hbond substituents is 1. The zero-order valence-electron chi connectivity index (χ0n) is 9.12. The fourth-order valence-electron chi connectivity index (χ4n) is 1.62. The fourth-order valence-corrected chi connectivity index (χ4v) is 1.81. The molecule has 0 saturated heterocycles. The quantitative estimate of drug-likeness (QED) is 0.756. The van der Waals surface area contributed by atoms with Crippen molar-refractivity contribution in [2.75, 3.05) is 6.54 Å². The van der Waals surface area contributed by atoms with Gasteiger partial charge in [-0.05, 0) is 30.5 Å². The van der Waals surface area contributed by atoms with Gasteiger partial charge < -0.3 is 15.9 Å². The summed E-state index contributed by atoms with van der Waals surface area (Å²) in [5, 5.41) is 19.0. The smallest absolute Gasteiger partial charge is 0.312 e. The summed E-state index contributed by atoms with van der Waals surface area (Å²) < 4.78 is 0. The number of phenols is 1. The van der Waals surface area contributed by atoms with E-state index in [4.69, 9.17) is 22.4 Å². The minimum Gasteiger partial charge on any atom is -0.506 e. The van der Waals surface area contributed by atoms with Crippen molar-refractivity contribution in [3.8, 4) is 5.75 Å². The summed E-state index contributed by atoms with van der Waals surface area (Å²) >= 11 is 5.85. The number of halogens is 1. The lowest BCUT2D eigenvalue weighted by Crippen LogP contribution is -2.22. The molecule has 88 valence electrons. The van der Waals surface area contributed by atoms with E-state index in [9.17, 15) is 9.90 Å². The van der Waals surface area contributed by atoms with Gasteiger partial charge in [0.05, 0.1) is 10.9 Å². The molecule has 16 heavy (non-hydrogen) atoms. The lowest BCUT2D eigenvalue weighted by molar-refractivity contribution is -0.138. The second kappa shape index (κ2) is 4.72. The Morgan fingerprint density at radius 3 is 2.56 bits per heavy atom. The Balaban J connectivity index is 3.39. The molecule has 1 atom stereocenters. The molecule has 1 rings (SSSR count). The zero-order valence-corrected chi connectivity index (χ0v) is 9.88. The number of carbonyl (C=O) groups is 1. The van der Waals surface area contributed by atoms with Gasteiger partial charge in [-0.3, -0.25) is 4.79 Å². The number of rotatable bonds is 3. The number of hydrogen-bond donors (Lipinski definition) is 3. The van der Waals surface area contributed by atoms with Crippen molar-refractivity contribution >= 4 is 17.6 Å². The number of aliphatic carboxylic acids is 1. The van der Waals surface area contributed by atoms with Crippen LogP contribution >= 0.6 is 11.6 Å². The van der Waals surface area contributed by atoms with Crippen LogP contribution in [-0.4, -0.2) is 22.7 Å². The molecule has 0 aromatic heterocycles. The largest absolute Gasteiger partial charge is 0.506 e. The van der Waals surface area contributed by atoms with Crippen molar-refractivity contribution in [1.82, 2.24) is 0 Å². The Kier molecular flexibility index (Phi) is 3.78. The molecule has 4 N–H and O–H groups in total. The number of hydrogen-bond acceptors (Lipinski definition) is 3. The Bertz CT molecular complexity index is 432. The van der Waals surface area contributed by atoms with Crippen molar-refractivity contribution in [1.29, 1.82) is 0 Å². The van der Waals surface area contributed by atoms with Gasteiger partial charge >= 0.3 is 5.97 Å². The van der Waals surface area contributed by atoms with E-state index in [2.05, 4.69) is 0 Å². The molecule has 0 amide bonds. The molecule has 1 unspecified atom stereocenters. The van der Waals surface area contributed by atoms with Crippen molar-refractivity contribution in [3.05, 3.63) is 27.8 Å². The van der Waals surface area contributed by atoms with Gasteiger partial charge in [-0.2, -0.15) is 0 Å². The minimum atomic E-state index is -1.01. The zero-order chi connectivity index (χ0) is 12.5. The Labute approximate surface area is 98.6 Å². The Morgan fingerprint density at radius 2 is 2.12 bits per heavy atom. The number of aryl methyl sites for hydroxylation is 1. The molecule has 0 fully saturated rings. The molecule has 0 heterocycles. The fraction of sp³-hybridized carbons (Fsp3) is 0.364. The number of aromatic hydroxyl groups is 1. The summed E-state index contributed by atoms with van der Waals surface area (Å²) in [4.78, 5) is 11.0. The first-order chi connectivity index (χ1) is 7.40. The summed E-state index contributed by atoms with van der Waals surface area (Å²) in [6.07, 6.45) is 0. The van der Waals surface area contributed by atoms with Crippen LogP contribution in [0.1, 0.15) is 22.6 Å². The standard InChI is InChI=1S/C11H14ClNO3/c1-5-3-7(8(4-13)11(15)16)6(2)10(14)9(5)12/h3,8,14H,4,13H2,1-2H3,(H,15,16). The van der Waals surface area contributed by atoms with E-state index in [1.807, 2.05) is 0 Å². The second-order valence-corrected chi connectivity index (χ2v) is 4.07. The van der Waals surface area contributed by atoms with E-state index < -0.39 is 11.9 Å². The van der Waals surface area contributed by atoms with E-state index in [0.29, 0.717) is 16.7 Å². The summed E-state index contributed by atoms with van der Waals surface area (Å²) in [6.45, 7) is 3.32. The van der Waals surface area contributed by atoms with E-state index in [1.165, 1.54) is 0 Å². The highest BCUT2D eigenvalue weighted by atomic mass is 35.5. The van der Waals surface area contributed by atoms with Gasteiger partial charge in [0.1, 0.15) is 5.75 Å². The lowest BCUT2D eigenvalue weighted by Gasteiger charge is -2.16. The molecule has 0 aliphatic carbocycles. The maximum absolute atomic E-state index is 11.0. The van der Waals surface area contributed by atoms with Crippen LogP contribution in [0.15, 0.2) is 6.07 Å². The molecule has 0 aliphatic heterocycles. The SMILES string of the molecule is Cc1cc(C(CN)C(=O)O)c(C)c(O)c1Cl. The van der Waals surface area contributed by atoms with Crippen LogP contribution in [0.5, 0.6) is 5.75 Å². The van der Waals surface area contributed by atoms with Crippen LogP contribution in [0.2, 0.25) is 5.02 Å². The number of carboxylic acid groups (broad SMARTS) is 1. The highest BCUT2D eigenvalue weighted by molar-refractivity contribution is 6.32. The van der Waals surface area contributed by atoms with E-state index in [1.54, 1.807) is 19.9 Å². The molecule has 1 aromatic carbocycles. The minimum absolute atomic E-state index is 0.0172. The topological polar surface area (TPSA) is 83.6 Å². The van der Waals surface area contributed by atoms with Crippen LogP contribution in [0, 0.1) is 13.8 Å². The molecular weight excluding hydrogens is 230 g/mol. The van der Waals surface area contributed by atoms with Gasteiger partial charge in [-0.1, -0.05) is 17.7 Å². The van der Waals surface area contributed by atoms with Crippen LogP contribution < -0.4 is 5.73 Å². The molecular formula is C11H14ClNO3. The maximum Gasteiger partial charge on any atom is 0.312 e. The summed E-state index contributed by atoms with van der Waals surface area (Å²) in [5.74, 6) is -1.90. The summed E-state index contributed by atoms with van der Waals surface area (Å²) in [5.41, 5.74) is 7.03. The van der Waals surface area contributed by atoms with Crippen molar-refractivity contribution in [2.45, 2.75) is 19.8 Å². The number of benzene rings is 1. The van der Waals surface area contributed by atoms with Crippen LogP contribution in [0.4, 0.5) is 0 Å². The monoisotopic (exact) mass is 243 g/mol. The Morgan fingerprint density at radius 1 is 1.56 bits per heavy atom. The molecule has 0 aliphatic rings. The van der Waals surface area contributed by atoms with Gasteiger partial charge in [0, 0.05) is 6.54 Å². The average molecular weight is 244 g/mol. The van der Waals surface area contributed by atoms with Crippen molar-refractivity contribution < 1.29 is 15.0 Å². The lowest BCUT2D eigenvalue weighted by atomic mass is 9.92. The van der Waals surface area contributed by atoms with Crippen LogP contribution in [0.25, 0.3) is 0 Å². The maximum atomic E-state index is 11.0. The first-order valence-corrected chi connectivity index (χ1v) is 5.19.